The van der Waals surface area contributed by atoms with Gasteiger partial charge in [0.2, 0.25) is 0 Å². The van der Waals surface area contributed by atoms with E-state index in [1.165, 1.54) is 0 Å². The summed E-state index contributed by atoms with van der Waals surface area (Å²) in [7, 11) is 0.967. The van der Waals surface area contributed by atoms with Gasteiger partial charge >= 0.3 is 5.97 Å². The Kier molecular flexibility index (Phi) is 4.42. The molecule has 0 aromatic heterocycles. The molecule has 0 fully saturated rings. The van der Waals surface area contributed by atoms with Crippen LogP contribution in [0.2, 0.25) is 0 Å². The van der Waals surface area contributed by atoms with Crippen LogP contribution in [0.15, 0.2) is 36.0 Å². The molecule has 0 unspecified atom stereocenters. The molecule has 0 aliphatic heterocycles. The van der Waals surface area contributed by atoms with Gasteiger partial charge in [0.25, 0.3) is 0 Å². The van der Waals surface area contributed by atoms with E-state index in [1.54, 1.807) is 0 Å². The maximum atomic E-state index is 12.7. The van der Waals surface area contributed by atoms with E-state index in [1.807, 2.05) is 0 Å². The predicted octanol–water partition coefficient (Wildman–Crippen LogP) is 1.62. The molecular formula is C9H8F2O3. The Morgan fingerprint density at radius 2 is 1.79 bits per heavy atom. The summed E-state index contributed by atoms with van der Waals surface area (Å²) < 4.78 is 29.4. The van der Waals surface area contributed by atoms with Crippen molar-refractivity contribution >= 4 is 12.3 Å². The van der Waals surface area contributed by atoms with E-state index in [4.69, 9.17) is 0 Å². The van der Waals surface area contributed by atoms with Crippen molar-refractivity contribution in [3.8, 4) is 0 Å². The maximum absolute atomic E-state index is 12.7. The third kappa shape index (κ3) is 2.62. The van der Waals surface area contributed by atoms with E-state index in [0.29, 0.717) is 0 Å². The number of esters is 1. The van der Waals surface area contributed by atoms with Crippen LogP contribution in [-0.4, -0.2) is 19.4 Å². The highest BCUT2D eigenvalue weighted by Gasteiger charge is 2.21. The van der Waals surface area contributed by atoms with Crippen molar-refractivity contribution in [2.24, 2.45) is 0 Å². The molecule has 3 nitrogen and oxygen atoms in total. The molecule has 0 rings (SSSR count). The van der Waals surface area contributed by atoms with Gasteiger partial charge in [0.05, 0.1) is 12.7 Å². The lowest BCUT2D eigenvalue weighted by molar-refractivity contribution is -0.136. The molecule has 0 aromatic rings. The van der Waals surface area contributed by atoms with Crippen LogP contribution in [0.5, 0.6) is 0 Å². The monoisotopic (exact) mass is 202 g/mol. The molecule has 0 saturated heterocycles. The number of methoxy groups -OCH3 is 1. The van der Waals surface area contributed by atoms with Crippen LogP contribution in [-0.2, 0) is 14.3 Å². The number of aldehydes is 1. The second kappa shape index (κ2) is 5.06. The standard InChI is InChI=1S/C9H8F2O3/c1-5(10)7(4-12)8(6(2)11)9(13)14-3/h4H,1-2H2,3H3/b8-7+. The minimum absolute atomic E-state index is 0.0284. The number of ether oxygens (including phenoxy) is 1. The smallest absolute Gasteiger partial charge is 0.341 e. The SMILES string of the molecule is C=C(F)/C(C=O)=C(\C(=C)F)C(=O)OC. The summed E-state index contributed by atoms with van der Waals surface area (Å²) in [5, 5.41) is 0. The molecule has 0 N–H and O–H groups in total. The van der Waals surface area contributed by atoms with Gasteiger partial charge in [0, 0.05) is 0 Å². The molecule has 0 radical (unpaired) electrons. The highest BCUT2D eigenvalue weighted by Crippen LogP contribution is 2.20. The molecule has 76 valence electrons. The summed E-state index contributed by atoms with van der Waals surface area (Å²) in [5.74, 6) is -3.66. The van der Waals surface area contributed by atoms with Gasteiger partial charge in [-0.25, -0.2) is 13.6 Å². The van der Waals surface area contributed by atoms with E-state index in [0.717, 1.165) is 7.11 Å². The third-order valence-corrected chi connectivity index (χ3v) is 1.34. The van der Waals surface area contributed by atoms with E-state index in [2.05, 4.69) is 17.9 Å². The molecule has 0 aromatic carbocycles. The molecular weight excluding hydrogens is 194 g/mol. The topological polar surface area (TPSA) is 43.4 Å². The fourth-order valence-electron chi connectivity index (χ4n) is 0.727. The second-order valence-corrected chi connectivity index (χ2v) is 2.21. The maximum Gasteiger partial charge on any atom is 0.341 e. The summed E-state index contributed by atoms with van der Waals surface area (Å²) in [6, 6.07) is 0. The summed E-state index contributed by atoms with van der Waals surface area (Å²) in [6.45, 7) is 5.56. The van der Waals surface area contributed by atoms with Crippen molar-refractivity contribution in [1.29, 1.82) is 0 Å². The van der Waals surface area contributed by atoms with Crippen LogP contribution in [0, 0.1) is 0 Å². The fraction of sp³-hybridized carbons (Fsp3) is 0.111. The number of hydrogen-bond acceptors (Lipinski definition) is 3. The molecule has 0 atom stereocenters. The number of hydrogen-bond donors (Lipinski definition) is 0. The molecule has 14 heavy (non-hydrogen) atoms. The van der Waals surface area contributed by atoms with Crippen LogP contribution < -0.4 is 0 Å². The van der Waals surface area contributed by atoms with Gasteiger partial charge in [-0.15, -0.1) is 0 Å². The molecule has 0 aliphatic carbocycles. The molecule has 0 bridgehead atoms. The van der Waals surface area contributed by atoms with Gasteiger partial charge in [-0.05, 0) is 0 Å². The van der Waals surface area contributed by atoms with E-state index in [9.17, 15) is 18.4 Å². The number of halogens is 2. The van der Waals surface area contributed by atoms with Crippen LogP contribution in [0.3, 0.4) is 0 Å². The highest BCUT2D eigenvalue weighted by molar-refractivity contribution is 6.00. The summed E-state index contributed by atoms with van der Waals surface area (Å²) in [5.41, 5.74) is -1.65. The first kappa shape index (κ1) is 12.2. The first-order valence-electron chi connectivity index (χ1n) is 3.43. The minimum Gasteiger partial charge on any atom is -0.465 e. The van der Waals surface area contributed by atoms with Crippen molar-refractivity contribution in [1.82, 2.24) is 0 Å². The van der Waals surface area contributed by atoms with Gasteiger partial charge < -0.3 is 4.74 Å². The number of carbonyl (C=O) groups excluding carboxylic acids is 2. The van der Waals surface area contributed by atoms with Crippen molar-refractivity contribution in [3.63, 3.8) is 0 Å². The molecule has 0 aliphatic rings. The normalized spacial score (nSPS) is 11.4. The molecule has 0 amide bonds. The largest absolute Gasteiger partial charge is 0.465 e. The number of rotatable bonds is 4. The van der Waals surface area contributed by atoms with Crippen molar-refractivity contribution in [2.75, 3.05) is 7.11 Å². The Balaban J connectivity index is 5.55. The lowest BCUT2D eigenvalue weighted by Crippen LogP contribution is -2.09. The van der Waals surface area contributed by atoms with Crippen molar-refractivity contribution in [3.05, 3.63) is 36.0 Å². The quantitative estimate of drug-likeness (QED) is 0.301. The fourth-order valence-corrected chi connectivity index (χ4v) is 0.727. The Morgan fingerprint density at radius 1 is 1.29 bits per heavy atom. The zero-order valence-electron chi connectivity index (χ0n) is 7.47. The summed E-state index contributed by atoms with van der Waals surface area (Å²) >= 11 is 0. The lowest BCUT2D eigenvalue weighted by Gasteiger charge is -2.04. The van der Waals surface area contributed by atoms with E-state index in [-0.39, 0.29) is 6.29 Å². The average molecular weight is 202 g/mol. The lowest BCUT2D eigenvalue weighted by atomic mass is 10.1. The van der Waals surface area contributed by atoms with Gasteiger partial charge in [-0.2, -0.15) is 0 Å². The van der Waals surface area contributed by atoms with Crippen molar-refractivity contribution in [2.45, 2.75) is 0 Å². The Morgan fingerprint density at radius 3 is 2.00 bits per heavy atom. The highest BCUT2D eigenvalue weighted by atomic mass is 19.1. The van der Waals surface area contributed by atoms with Gasteiger partial charge in [0.15, 0.2) is 6.29 Å². The summed E-state index contributed by atoms with van der Waals surface area (Å²) in [4.78, 5) is 21.2. The van der Waals surface area contributed by atoms with E-state index < -0.39 is 28.8 Å². The Bertz CT molecular complexity index is 329. The van der Waals surface area contributed by atoms with Gasteiger partial charge in [0.1, 0.15) is 17.2 Å². The van der Waals surface area contributed by atoms with Gasteiger partial charge in [-0.3, -0.25) is 4.79 Å². The number of allylic oxidation sites excluding steroid dienone is 2. The molecule has 0 spiro atoms. The van der Waals surface area contributed by atoms with E-state index >= 15 is 0 Å². The number of carbonyl (C=O) groups is 2. The molecule has 5 heteroatoms. The van der Waals surface area contributed by atoms with Gasteiger partial charge in [-0.1, -0.05) is 13.2 Å². The molecule has 0 heterocycles. The summed E-state index contributed by atoms with van der Waals surface area (Å²) in [6.07, 6.45) is -0.0284. The average Bonchev–Trinajstić information content (AvgIpc) is 2.11. The molecule has 0 saturated carbocycles. The third-order valence-electron chi connectivity index (χ3n) is 1.34. The zero-order chi connectivity index (χ0) is 11.3. The first-order valence-corrected chi connectivity index (χ1v) is 3.43. The Hall–Kier alpha value is -1.78. The predicted molar refractivity (Wildman–Crippen MR) is 45.6 cm³/mol. The zero-order valence-corrected chi connectivity index (χ0v) is 7.47. The van der Waals surface area contributed by atoms with Crippen LogP contribution in [0.25, 0.3) is 0 Å². The second-order valence-electron chi connectivity index (χ2n) is 2.21. The first-order chi connectivity index (χ1) is 6.45. The van der Waals surface area contributed by atoms with Crippen LogP contribution in [0.4, 0.5) is 8.78 Å². The van der Waals surface area contributed by atoms with Crippen molar-refractivity contribution < 1.29 is 23.1 Å². The Labute approximate surface area is 79.4 Å². The van der Waals surface area contributed by atoms with Crippen LogP contribution in [0.1, 0.15) is 0 Å². The minimum atomic E-state index is -1.25. The van der Waals surface area contributed by atoms with Crippen LogP contribution >= 0.6 is 0 Å².